The minimum absolute atomic E-state index is 1.19. The topological polar surface area (TPSA) is 0 Å². The minimum atomic E-state index is 1.19. The molecule has 0 atom stereocenters. The fraction of sp³-hybridized carbons (Fsp3) is 0.429. The first kappa shape index (κ1) is 11.0. The molecule has 2 aliphatic carbocycles. The van der Waals surface area contributed by atoms with Crippen LogP contribution in [-0.2, 0) is 0 Å². The highest BCUT2D eigenvalue weighted by molar-refractivity contribution is 5.27. The van der Waals surface area contributed by atoms with Gasteiger partial charge in [-0.3, -0.25) is 0 Å². The molecule has 76 valence electrons. The van der Waals surface area contributed by atoms with E-state index in [1.807, 2.05) is 0 Å². The van der Waals surface area contributed by atoms with E-state index in [0.717, 1.165) is 0 Å². The van der Waals surface area contributed by atoms with Gasteiger partial charge in [0.05, 0.1) is 0 Å². The third-order valence-electron chi connectivity index (χ3n) is 2.42. The molecule has 0 unspecified atom stereocenters. The SMILES string of the molecule is CC1=CC=C(C)C1.CC1=CC=C(C)C1. The van der Waals surface area contributed by atoms with Crippen LogP contribution in [0.15, 0.2) is 46.6 Å². The summed E-state index contributed by atoms with van der Waals surface area (Å²) in [6, 6.07) is 0. The van der Waals surface area contributed by atoms with E-state index in [4.69, 9.17) is 0 Å². The van der Waals surface area contributed by atoms with Gasteiger partial charge in [0, 0.05) is 0 Å². The summed E-state index contributed by atoms with van der Waals surface area (Å²) in [5.74, 6) is 0. The predicted octanol–water partition coefficient (Wildman–Crippen LogP) is 4.57. The van der Waals surface area contributed by atoms with Gasteiger partial charge in [0.2, 0.25) is 0 Å². The lowest BCUT2D eigenvalue weighted by molar-refractivity contribution is 1.15. The Balaban J connectivity index is 0.000000140. The monoisotopic (exact) mass is 188 g/mol. The Morgan fingerprint density at radius 2 is 0.786 bits per heavy atom. The Morgan fingerprint density at radius 1 is 0.571 bits per heavy atom. The van der Waals surface area contributed by atoms with Crippen LogP contribution >= 0.6 is 0 Å². The van der Waals surface area contributed by atoms with E-state index < -0.39 is 0 Å². The van der Waals surface area contributed by atoms with Crippen molar-refractivity contribution in [2.75, 3.05) is 0 Å². The largest absolute Gasteiger partial charge is 0.0693 e. The summed E-state index contributed by atoms with van der Waals surface area (Å²) in [6.45, 7) is 8.64. The second-order valence-electron chi connectivity index (χ2n) is 4.41. The van der Waals surface area contributed by atoms with Crippen LogP contribution in [0.3, 0.4) is 0 Å². The zero-order valence-corrected chi connectivity index (χ0v) is 9.72. The zero-order chi connectivity index (χ0) is 10.6. The highest BCUT2D eigenvalue weighted by Crippen LogP contribution is 2.16. The molecule has 2 aliphatic rings. The summed E-state index contributed by atoms with van der Waals surface area (Å²) < 4.78 is 0. The van der Waals surface area contributed by atoms with Crippen molar-refractivity contribution in [1.29, 1.82) is 0 Å². The van der Waals surface area contributed by atoms with E-state index in [-0.39, 0.29) is 0 Å². The van der Waals surface area contributed by atoms with Crippen LogP contribution in [0.4, 0.5) is 0 Å². The van der Waals surface area contributed by atoms with Crippen molar-refractivity contribution < 1.29 is 0 Å². The van der Waals surface area contributed by atoms with E-state index in [0.29, 0.717) is 0 Å². The van der Waals surface area contributed by atoms with Gasteiger partial charge in [-0.2, -0.15) is 0 Å². The maximum absolute atomic E-state index is 2.18. The second-order valence-corrected chi connectivity index (χ2v) is 4.41. The second kappa shape index (κ2) is 4.99. The van der Waals surface area contributed by atoms with Crippen molar-refractivity contribution in [3.05, 3.63) is 46.6 Å². The maximum Gasteiger partial charge on any atom is -0.0108 e. The van der Waals surface area contributed by atoms with Gasteiger partial charge in [-0.05, 0) is 40.5 Å². The Hall–Kier alpha value is -1.04. The van der Waals surface area contributed by atoms with Gasteiger partial charge in [0.25, 0.3) is 0 Å². The molecule has 2 rings (SSSR count). The average Bonchev–Trinajstić information content (AvgIpc) is 2.63. The molecule has 0 amide bonds. The number of rotatable bonds is 0. The Bertz CT molecular complexity index is 256. The summed E-state index contributed by atoms with van der Waals surface area (Å²) >= 11 is 0. The highest BCUT2D eigenvalue weighted by Gasteiger charge is 1.96. The lowest BCUT2D eigenvalue weighted by Gasteiger charge is -1.87. The molecule has 0 heteroatoms. The highest BCUT2D eigenvalue weighted by atomic mass is 14.0. The summed E-state index contributed by atoms with van der Waals surface area (Å²) in [4.78, 5) is 0. The van der Waals surface area contributed by atoms with Crippen LogP contribution in [0.5, 0.6) is 0 Å². The van der Waals surface area contributed by atoms with Gasteiger partial charge in [-0.25, -0.2) is 0 Å². The van der Waals surface area contributed by atoms with Crippen molar-refractivity contribution in [3.8, 4) is 0 Å². The fourth-order valence-corrected chi connectivity index (χ4v) is 1.68. The van der Waals surface area contributed by atoms with E-state index in [2.05, 4.69) is 52.0 Å². The van der Waals surface area contributed by atoms with E-state index in [1.54, 1.807) is 0 Å². The van der Waals surface area contributed by atoms with Crippen LogP contribution in [0, 0.1) is 0 Å². The molecule has 0 aromatic carbocycles. The fourth-order valence-electron chi connectivity index (χ4n) is 1.68. The first-order chi connectivity index (χ1) is 6.58. The van der Waals surface area contributed by atoms with E-state index in [9.17, 15) is 0 Å². The molecule has 0 saturated carbocycles. The first-order valence-electron chi connectivity index (χ1n) is 5.24. The maximum atomic E-state index is 2.18. The predicted molar refractivity (Wildman–Crippen MR) is 64.3 cm³/mol. The summed E-state index contributed by atoms with van der Waals surface area (Å²) in [7, 11) is 0. The molecule has 0 heterocycles. The summed E-state index contributed by atoms with van der Waals surface area (Å²) in [5, 5.41) is 0. The average molecular weight is 188 g/mol. The van der Waals surface area contributed by atoms with Gasteiger partial charge >= 0.3 is 0 Å². The molecule has 0 bridgehead atoms. The molecule has 0 aromatic rings. The number of hydrogen-bond acceptors (Lipinski definition) is 0. The van der Waals surface area contributed by atoms with Crippen molar-refractivity contribution in [3.63, 3.8) is 0 Å². The summed E-state index contributed by atoms with van der Waals surface area (Å²) in [5.41, 5.74) is 5.94. The molecule has 0 aliphatic heterocycles. The smallest absolute Gasteiger partial charge is 0.0108 e. The van der Waals surface area contributed by atoms with Gasteiger partial charge in [-0.15, -0.1) is 0 Å². The quantitative estimate of drug-likeness (QED) is 0.522. The van der Waals surface area contributed by atoms with E-state index in [1.165, 1.54) is 35.1 Å². The van der Waals surface area contributed by atoms with Crippen LogP contribution < -0.4 is 0 Å². The Labute approximate surface area is 87.7 Å². The van der Waals surface area contributed by atoms with Gasteiger partial charge in [-0.1, -0.05) is 46.6 Å². The molecule has 0 saturated heterocycles. The lowest BCUT2D eigenvalue weighted by Crippen LogP contribution is -1.67. The minimum Gasteiger partial charge on any atom is -0.0693 e. The number of allylic oxidation sites excluding steroid dienone is 8. The molecule has 0 aromatic heterocycles. The third-order valence-corrected chi connectivity index (χ3v) is 2.42. The molecule has 0 spiro atoms. The molecule has 14 heavy (non-hydrogen) atoms. The molecular formula is C14H20. The van der Waals surface area contributed by atoms with Crippen LogP contribution in [0.2, 0.25) is 0 Å². The van der Waals surface area contributed by atoms with E-state index >= 15 is 0 Å². The Morgan fingerprint density at radius 3 is 0.857 bits per heavy atom. The standard InChI is InChI=1S/2C7H10/c2*1-6-3-4-7(2)5-6/h2*3-4H,5H2,1-2H3. The Kier molecular flexibility index (Phi) is 3.94. The van der Waals surface area contributed by atoms with Crippen LogP contribution in [0.1, 0.15) is 40.5 Å². The van der Waals surface area contributed by atoms with Gasteiger partial charge in [0.15, 0.2) is 0 Å². The molecule has 0 N–H and O–H groups in total. The van der Waals surface area contributed by atoms with Crippen molar-refractivity contribution in [2.24, 2.45) is 0 Å². The molecule has 0 fully saturated rings. The first-order valence-corrected chi connectivity index (χ1v) is 5.24. The van der Waals surface area contributed by atoms with Crippen LogP contribution in [0.25, 0.3) is 0 Å². The van der Waals surface area contributed by atoms with Crippen molar-refractivity contribution in [2.45, 2.75) is 40.5 Å². The van der Waals surface area contributed by atoms with Gasteiger partial charge in [0.1, 0.15) is 0 Å². The zero-order valence-electron chi connectivity index (χ0n) is 9.72. The van der Waals surface area contributed by atoms with Crippen LogP contribution in [-0.4, -0.2) is 0 Å². The molecular weight excluding hydrogens is 168 g/mol. The van der Waals surface area contributed by atoms with Crippen molar-refractivity contribution >= 4 is 0 Å². The molecule has 0 nitrogen and oxygen atoms in total. The normalized spacial score (nSPS) is 19.1. The summed E-state index contributed by atoms with van der Waals surface area (Å²) in [6.07, 6.45) is 11.1. The van der Waals surface area contributed by atoms with Crippen molar-refractivity contribution in [1.82, 2.24) is 0 Å². The van der Waals surface area contributed by atoms with Gasteiger partial charge < -0.3 is 0 Å². The lowest BCUT2D eigenvalue weighted by atomic mass is 10.2. The number of hydrogen-bond donors (Lipinski definition) is 0. The third kappa shape index (κ3) is 3.78. The molecule has 0 radical (unpaired) electrons.